The van der Waals surface area contributed by atoms with Gasteiger partial charge in [-0.15, -0.1) is 0 Å². The first-order valence-corrected chi connectivity index (χ1v) is 13.1. The fraction of sp³-hybridized carbons (Fsp3) is 0.586. The van der Waals surface area contributed by atoms with E-state index in [1.165, 1.54) is 0 Å². The van der Waals surface area contributed by atoms with Crippen molar-refractivity contribution < 1.29 is 43.0 Å². The van der Waals surface area contributed by atoms with Crippen molar-refractivity contribution >= 4 is 0 Å². The van der Waals surface area contributed by atoms with Gasteiger partial charge in [0, 0.05) is 14.2 Å². The molecule has 3 fully saturated rings. The number of rotatable bonds is 8. The van der Waals surface area contributed by atoms with Gasteiger partial charge in [0.1, 0.15) is 42.7 Å². The Kier molecular flexibility index (Phi) is 8.49. The Morgan fingerprint density at radius 2 is 1.08 bits per heavy atom. The van der Waals surface area contributed by atoms with Crippen LogP contribution in [0.15, 0.2) is 60.7 Å². The second-order valence-electron chi connectivity index (χ2n) is 10.2. The van der Waals surface area contributed by atoms with Gasteiger partial charge in [0.25, 0.3) is 0 Å². The summed E-state index contributed by atoms with van der Waals surface area (Å²) in [7, 11) is 3.11. The molecule has 2 saturated heterocycles. The van der Waals surface area contributed by atoms with Gasteiger partial charge in [0.05, 0.1) is 26.4 Å². The molecule has 0 aromatic heterocycles. The van der Waals surface area contributed by atoms with Crippen molar-refractivity contribution in [3.05, 3.63) is 71.8 Å². The number of hydrogen-bond donors (Lipinski definition) is 1. The summed E-state index contributed by atoms with van der Waals surface area (Å²) in [6, 6.07) is 19.8. The van der Waals surface area contributed by atoms with Gasteiger partial charge in [-0.25, -0.2) is 0 Å². The Labute approximate surface area is 223 Å². The van der Waals surface area contributed by atoms with E-state index in [1.807, 2.05) is 60.7 Å². The molecule has 3 aliphatic rings. The normalized spacial score (nSPS) is 39.1. The largest absolute Gasteiger partial charge is 0.388 e. The minimum atomic E-state index is -1.25. The zero-order valence-electron chi connectivity index (χ0n) is 22.4. The maximum Gasteiger partial charge on any atom is 0.220 e. The molecule has 208 valence electrons. The van der Waals surface area contributed by atoms with Gasteiger partial charge in [-0.1, -0.05) is 60.7 Å². The van der Waals surface area contributed by atoms with E-state index < -0.39 is 54.3 Å². The zero-order chi connectivity index (χ0) is 26.8. The molecule has 9 heteroatoms. The molecule has 1 N–H and O–H groups in total. The maximum absolute atomic E-state index is 10.4. The van der Waals surface area contributed by atoms with E-state index in [1.54, 1.807) is 28.1 Å². The second kappa shape index (κ2) is 11.7. The Hall–Kier alpha value is -1.92. The number of benzene rings is 2. The summed E-state index contributed by atoms with van der Waals surface area (Å²) in [6.07, 6.45) is -4.46. The molecule has 2 heterocycles. The summed E-state index contributed by atoms with van der Waals surface area (Å²) in [5.74, 6) is -2.50. The molecule has 1 unspecified atom stereocenters. The molecule has 38 heavy (non-hydrogen) atoms. The third-order valence-electron chi connectivity index (χ3n) is 7.80. The van der Waals surface area contributed by atoms with Crippen molar-refractivity contribution in [2.75, 3.05) is 27.4 Å². The molecule has 1 saturated carbocycles. The number of methoxy groups -OCH3 is 2. The van der Waals surface area contributed by atoms with Gasteiger partial charge >= 0.3 is 0 Å². The topological polar surface area (TPSA) is 94.1 Å². The van der Waals surface area contributed by atoms with E-state index in [0.717, 1.165) is 11.1 Å². The Bertz CT molecular complexity index is 942. The van der Waals surface area contributed by atoms with Crippen molar-refractivity contribution in [1.82, 2.24) is 0 Å². The number of hydrogen-bond acceptors (Lipinski definition) is 9. The fourth-order valence-corrected chi connectivity index (χ4v) is 5.37. The molecule has 2 aromatic carbocycles. The third kappa shape index (κ3) is 5.40. The number of aliphatic hydroxyl groups excluding tert-OH is 1. The summed E-state index contributed by atoms with van der Waals surface area (Å²) in [5, 5.41) is 10.4. The molecule has 5 rings (SSSR count). The van der Waals surface area contributed by atoms with Gasteiger partial charge < -0.3 is 43.0 Å². The molecule has 2 aliphatic heterocycles. The van der Waals surface area contributed by atoms with Crippen molar-refractivity contribution in [3.8, 4) is 0 Å². The van der Waals surface area contributed by atoms with Crippen LogP contribution >= 0.6 is 0 Å². The molecule has 0 bridgehead atoms. The molecule has 9 atom stereocenters. The summed E-state index contributed by atoms with van der Waals surface area (Å²) >= 11 is 0. The highest BCUT2D eigenvalue weighted by Crippen LogP contribution is 2.46. The average Bonchev–Trinajstić information content (AvgIpc) is 3.14. The van der Waals surface area contributed by atoms with Gasteiger partial charge in [0.15, 0.2) is 0 Å². The molecule has 2 aromatic rings. The highest BCUT2D eigenvalue weighted by Gasteiger charge is 2.65. The quantitative estimate of drug-likeness (QED) is 0.553. The van der Waals surface area contributed by atoms with Gasteiger partial charge in [-0.3, -0.25) is 0 Å². The maximum atomic E-state index is 10.4. The molecular weight excluding hydrogens is 492 g/mol. The summed E-state index contributed by atoms with van der Waals surface area (Å²) in [6.45, 7) is 4.42. The lowest BCUT2D eigenvalue weighted by Gasteiger charge is -2.58. The molecule has 9 nitrogen and oxygen atoms in total. The van der Waals surface area contributed by atoms with Crippen LogP contribution in [-0.2, 0) is 51.1 Å². The van der Waals surface area contributed by atoms with Crippen LogP contribution in [-0.4, -0.2) is 86.8 Å². The highest BCUT2D eigenvalue weighted by atomic mass is 16.8. The smallest absolute Gasteiger partial charge is 0.220 e. The highest BCUT2D eigenvalue weighted by molar-refractivity contribution is 5.16. The predicted octanol–water partition coefficient (Wildman–Crippen LogP) is 2.82. The Balaban J connectivity index is 1.50. The van der Waals surface area contributed by atoms with Crippen molar-refractivity contribution in [1.29, 1.82) is 0 Å². The van der Waals surface area contributed by atoms with E-state index in [9.17, 15) is 5.11 Å². The first kappa shape index (κ1) is 27.6. The molecule has 0 spiro atoms. The second-order valence-corrected chi connectivity index (χ2v) is 10.2. The number of aliphatic hydroxyl groups is 1. The summed E-state index contributed by atoms with van der Waals surface area (Å²) in [4.78, 5) is 0. The van der Waals surface area contributed by atoms with Crippen molar-refractivity contribution in [3.63, 3.8) is 0 Å². The average molecular weight is 531 g/mol. The SMILES string of the molecule is CO[C@@]1(C)O[C@@H]2[C@@H](OCc3ccccc3)[C@@H]3OCC(O)CO[C@@H]3[C@H](OCc3ccccc3)[C@H]2O[C@]1(C)OC. The molecular formula is C29H38O9. The van der Waals surface area contributed by atoms with Crippen LogP contribution in [0.1, 0.15) is 25.0 Å². The van der Waals surface area contributed by atoms with E-state index in [-0.39, 0.29) is 13.2 Å². The van der Waals surface area contributed by atoms with Crippen LogP contribution in [0.25, 0.3) is 0 Å². The van der Waals surface area contributed by atoms with Gasteiger partial charge in [0.2, 0.25) is 11.6 Å². The fourth-order valence-electron chi connectivity index (χ4n) is 5.37. The van der Waals surface area contributed by atoms with Crippen LogP contribution in [0.4, 0.5) is 0 Å². The molecule has 1 aliphatic carbocycles. The molecule has 0 radical (unpaired) electrons. The first-order chi connectivity index (χ1) is 18.4. The Morgan fingerprint density at radius 3 is 1.45 bits per heavy atom. The van der Waals surface area contributed by atoms with E-state index in [2.05, 4.69) is 0 Å². The van der Waals surface area contributed by atoms with Crippen LogP contribution in [0.3, 0.4) is 0 Å². The van der Waals surface area contributed by atoms with Crippen LogP contribution in [0.5, 0.6) is 0 Å². The van der Waals surface area contributed by atoms with Gasteiger partial charge in [-0.05, 0) is 25.0 Å². The minimum Gasteiger partial charge on any atom is -0.388 e. The summed E-state index contributed by atoms with van der Waals surface area (Å²) in [5.41, 5.74) is 2.01. The van der Waals surface area contributed by atoms with Gasteiger partial charge in [-0.2, -0.15) is 0 Å². The minimum absolute atomic E-state index is 0.105. The van der Waals surface area contributed by atoms with Crippen LogP contribution in [0.2, 0.25) is 0 Å². The lowest BCUT2D eigenvalue weighted by Crippen LogP contribution is -2.75. The standard InChI is InChI=1S/C29H38O9/c1-28(31-3)29(2,32-4)38-27-25(34-16-20-13-9-6-10-14-20)23-22(35-17-21(30)18-36-23)24(26(27)37-28)33-15-19-11-7-5-8-12-19/h5-14,21-27,30H,15-18H2,1-4H3/t21?,22-,23+,24-,25-,26+,27+,28-,29-/m0/s1. The van der Waals surface area contributed by atoms with E-state index in [4.69, 9.17) is 37.9 Å². The Morgan fingerprint density at radius 1 is 0.684 bits per heavy atom. The first-order valence-electron chi connectivity index (χ1n) is 13.1. The van der Waals surface area contributed by atoms with E-state index >= 15 is 0 Å². The third-order valence-corrected chi connectivity index (χ3v) is 7.80. The number of fused-ring (bicyclic) bond motifs is 2. The summed E-state index contributed by atoms with van der Waals surface area (Å²) < 4.78 is 50.4. The van der Waals surface area contributed by atoms with Crippen LogP contribution in [0, 0.1) is 0 Å². The monoisotopic (exact) mass is 530 g/mol. The zero-order valence-corrected chi connectivity index (χ0v) is 22.4. The van der Waals surface area contributed by atoms with E-state index in [0.29, 0.717) is 13.2 Å². The van der Waals surface area contributed by atoms with Crippen molar-refractivity contribution in [2.45, 2.75) is 81.4 Å². The lowest BCUT2D eigenvalue weighted by atomic mass is 9.82. The number of ether oxygens (including phenoxy) is 8. The predicted molar refractivity (Wildman–Crippen MR) is 136 cm³/mol. The van der Waals surface area contributed by atoms with Crippen molar-refractivity contribution in [2.24, 2.45) is 0 Å². The van der Waals surface area contributed by atoms with Crippen LogP contribution < -0.4 is 0 Å². The lowest BCUT2D eigenvalue weighted by molar-refractivity contribution is -0.473. The molecule has 0 amide bonds.